The molecule has 1 heterocycles. The van der Waals surface area contributed by atoms with Gasteiger partial charge in [-0.25, -0.2) is 4.98 Å². The van der Waals surface area contributed by atoms with Crippen molar-refractivity contribution in [2.45, 2.75) is 32.1 Å². The Morgan fingerprint density at radius 2 is 2.12 bits per heavy atom. The zero-order valence-electron chi connectivity index (χ0n) is 9.24. The highest BCUT2D eigenvalue weighted by Gasteiger charge is 2.17. The molecule has 1 aromatic carbocycles. The van der Waals surface area contributed by atoms with Crippen LogP contribution in [-0.4, -0.2) is 15.1 Å². The Balaban J connectivity index is 1.86. The van der Waals surface area contributed by atoms with Crippen molar-refractivity contribution in [2.24, 2.45) is 5.92 Å². The number of H-pyrrole nitrogens is 1. The van der Waals surface area contributed by atoms with E-state index in [1.165, 1.54) is 25.7 Å². The van der Waals surface area contributed by atoms with Gasteiger partial charge in [-0.1, -0.05) is 25.7 Å². The largest absolute Gasteiger partial charge is 0.508 e. The number of aromatic amines is 1. The average molecular weight is 216 g/mol. The SMILES string of the molecule is Oc1ccc2nc(CC3CCCC3)[nH]c2c1. The summed E-state index contributed by atoms with van der Waals surface area (Å²) in [7, 11) is 0. The Morgan fingerprint density at radius 3 is 2.94 bits per heavy atom. The van der Waals surface area contributed by atoms with Gasteiger partial charge in [0.15, 0.2) is 0 Å². The van der Waals surface area contributed by atoms with Crippen molar-refractivity contribution < 1.29 is 5.11 Å². The normalized spacial score (nSPS) is 17.2. The number of hydrogen-bond acceptors (Lipinski definition) is 2. The highest BCUT2D eigenvalue weighted by molar-refractivity contribution is 5.76. The summed E-state index contributed by atoms with van der Waals surface area (Å²) in [5, 5.41) is 9.38. The molecule has 0 spiro atoms. The van der Waals surface area contributed by atoms with Gasteiger partial charge in [0.25, 0.3) is 0 Å². The Kier molecular flexibility index (Phi) is 2.31. The number of aromatic nitrogens is 2. The number of nitrogens with one attached hydrogen (secondary N) is 1. The van der Waals surface area contributed by atoms with Gasteiger partial charge < -0.3 is 10.1 Å². The van der Waals surface area contributed by atoms with E-state index >= 15 is 0 Å². The van der Waals surface area contributed by atoms with Crippen molar-refractivity contribution in [3.8, 4) is 5.75 Å². The van der Waals surface area contributed by atoms with Crippen LogP contribution in [0.3, 0.4) is 0 Å². The number of hydrogen-bond donors (Lipinski definition) is 2. The summed E-state index contributed by atoms with van der Waals surface area (Å²) in [6.07, 6.45) is 6.46. The third-order valence-electron chi connectivity index (χ3n) is 3.47. The van der Waals surface area contributed by atoms with Crippen molar-refractivity contribution >= 4 is 11.0 Å². The minimum atomic E-state index is 0.295. The van der Waals surface area contributed by atoms with Gasteiger partial charge in [0.1, 0.15) is 11.6 Å². The summed E-state index contributed by atoms with van der Waals surface area (Å²) in [5.74, 6) is 2.16. The molecule has 0 amide bonds. The van der Waals surface area contributed by atoms with E-state index in [9.17, 15) is 5.11 Å². The fourth-order valence-corrected chi connectivity index (χ4v) is 2.64. The van der Waals surface area contributed by atoms with Crippen molar-refractivity contribution in [2.75, 3.05) is 0 Å². The maximum Gasteiger partial charge on any atom is 0.117 e. The van der Waals surface area contributed by atoms with Gasteiger partial charge in [-0.15, -0.1) is 0 Å². The van der Waals surface area contributed by atoms with E-state index in [-0.39, 0.29) is 0 Å². The number of aromatic hydroxyl groups is 1. The fourth-order valence-electron chi connectivity index (χ4n) is 2.64. The van der Waals surface area contributed by atoms with Crippen LogP contribution in [0.5, 0.6) is 5.75 Å². The Labute approximate surface area is 94.5 Å². The number of rotatable bonds is 2. The van der Waals surface area contributed by atoms with Crippen LogP contribution in [0.1, 0.15) is 31.5 Å². The summed E-state index contributed by atoms with van der Waals surface area (Å²) < 4.78 is 0. The first kappa shape index (κ1) is 9.70. The molecule has 3 rings (SSSR count). The molecule has 1 saturated carbocycles. The topological polar surface area (TPSA) is 48.9 Å². The number of nitrogens with zero attached hydrogens (tertiary/aromatic N) is 1. The van der Waals surface area contributed by atoms with Crippen LogP contribution in [-0.2, 0) is 6.42 Å². The maximum atomic E-state index is 9.38. The standard InChI is InChI=1S/C13H16N2O/c16-10-5-6-11-12(8-10)15-13(14-11)7-9-3-1-2-4-9/h5-6,8-9,16H,1-4,7H2,(H,14,15). The number of benzene rings is 1. The molecule has 3 nitrogen and oxygen atoms in total. The minimum absolute atomic E-state index is 0.295. The second-order valence-electron chi connectivity index (χ2n) is 4.74. The highest BCUT2D eigenvalue weighted by Crippen LogP contribution is 2.28. The maximum absolute atomic E-state index is 9.38. The van der Waals surface area contributed by atoms with Crippen LogP contribution in [0.4, 0.5) is 0 Å². The van der Waals surface area contributed by atoms with E-state index in [4.69, 9.17) is 0 Å². The first-order valence-electron chi connectivity index (χ1n) is 5.99. The van der Waals surface area contributed by atoms with Gasteiger partial charge in [0.2, 0.25) is 0 Å². The van der Waals surface area contributed by atoms with Crippen LogP contribution >= 0.6 is 0 Å². The Hall–Kier alpha value is -1.51. The molecule has 84 valence electrons. The van der Waals surface area contributed by atoms with E-state index < -0.39 is 0 Å². The quantitative estimate of drug-likeness (QED) is 0.810. The molecule has 0 saturated heterocycles. The van der Waals surface area contributed by atoms with Crippen LogP contribution in [0.2, 0.25) is 0 Å². The van der Waals surface area contributed by atoms with E-state index in [0.717, 1.165) is 29.2 Å². The smallest absolute Gasteiger partial charge is 0.117 e. The van der Waals surface area contributed by atoms with E-state index in [1.807, 2.05) is 6.07 Å². The molecule has 2 aromatic rings. The number of fused-ring (bicyclic) bond motifs is 1. The Bertz CT molecular complexity index is 498. The molecular formula is C13H16N2O. The van der Waals surface area contributed by atoms with Crippen LogP contribution in [0.25, 0.3) is 11.0 Å². The van der Waals surface area contributed by atoms with Gasteiger partial charge in [-0.3, -0.25) is 0 Å². The molecule has 3 heteroatoms. The summed E-state index contributed by atoms with van der Waals surface area (Å²) in [4.78, 5) is 7.84. The van der Waals surface area contributed by atoms with Gasteiger partial charge in [-0.2, -0.15) is 0 Å². The molecule has 0 atom stereocenters. The lowest BCUT2D eigenvalue weighted by atomic mass is 10.0. The second kappa shape index (κ2) is 3.81. The van der Waals surface area contributed by atoms with E-state index in [2.05, 4.69) is 9.97 Å². The monoisotopic (exact) mass is 216 g/mol. The van der Waals surface area contributed by atoms with Crippen LogP contribution in [0.15, 0.2) is 18.2 Å². The summed E-state index contributed by atoms with van der Waals surface area (Å²) >= 11 is 0. The van der Waals surface area contributed by atoms with Crippen molar-refractivity contribution in [1.29, 1.82) is 0 Å². The Morgan fingerprint density at radius 1 is 1.31 bits per heavy atom. The lowest BCUT2D eigenvalue weighted by Crippen LogP contribution is -2.00. The highest BCUT2D eigenvalue weighted by atomic mass is 16.3. The predicted octanol–water partition coefficient (Wildman–Crippen LogP) is 3.00. The minimum Gasteiger partial charge on any atom is -0.508 e. The van der Waals surface area contributed by atoms with Crippen molar-refractivity contribution in [1.82, 2.24) is 9.97 Å². The second-order valence-corrected chi connectivity index (χ2v) is 4.74. The molecular weight excluding hydrogens is 200 g/mol. The lowest BCUT2D eigenvalue weighted by Gasteiger charge is -2.04. The number of imidazole rings is 1. The van der Waals surface area contributed by atoms with Crippen LogP contribution < -0.4 is 0 Å². The lowest BCUT2D eigenvalue weighted by molar-refractivity contribution is 0.476. The molecule has 1 aliphatic carbocycles. The molecule has 0 unspecified atom stereocenters. The summed E-state index contributed by atoms with van der Waals surface area (Å²) in [6, 6.07) is 5.28. The zero-order valence-corrected chi connectivity index (χ0v) is 9.24. The molecule has 1 aromatic heterocycles. The molecule has 16 heavy (non-hydrogen) atoms. The van der Waals surface area contributed by atoms with Gasteiger partial charge in [-0.05, 0) is 18.1 Å². The molecule has 0 radical (unpaired) electrons. The van der Waals surface area contributed by atoms with Gasteiger partial charge in [0.05, 0.1) is 11.0 Å². The first-order valence-corrected chi connectivity index (χ1v) is 5.99. The zero-order chi connectivity index (χ0) is 11.0. The summed E-state index contributed by atoms with van der Waals surface area (Å²) in [6.45, 7) is 0. The fraction of sp³-hybridized carbons (Fsp3) is 0.462. The number of phenolic OH excluding ortho intramolecular Hbond substituents is 1. The molecule has 1 fully saturated rings. The predicted molar refractivity (Wildman–Crippen MR) is 63.4 cm³/mol. The third-order valence-corrected chi connectivity index (χ3v) is 3.47. The first-order chi connectivity index (χ1) is 7.81. The van der Waals surface area contributed by atoms with Crippen LogP contribution in [0, 0.1) is 5.92 Å². The molecule has 0 bridgehead atoms. The van der Waals surface area contributed by atoms with Crippen molar-refractivity contribution in [3.63, 3.8) is 0 Å². The summed E-state index contributed by atoms with van der Waals surface area (Å²) in [5.41, 5.74) is 1.89. The average Bonchev–Trinajstić information content (AvgIpc) is 2.86. The van der Waals surface area contributed by atoms with Gasteiger partial charge in [0, 0.05) is 12.5 Å². The van der Waals surface area contributed by atoms with Gasteiger partial charge >= 0.3 is 0 Å². The van der Waals surface area contributed by atoms with Crippen molar-refractivity contribution in [3.05, 3.63) is 24.0 Å². The van der Waals surface area contributed by atoms with E-state index in [1.54, 1.807) is 12.1 Å². The molecule has 1 aliphatic rings. The molecule has 2 N–H and O–H groups in total. The molecule has 0 aliphatic heterocycles. The number of phenols is 1. The third kappa shape index (κ3) is 1.77. The van der Waals surface area contributed by atoms with E-state index in [0.29, 0.717) is 5.75 Å².